The number of phenolic OH excluding ortho intramolecular Hbond substituents is 2. The second-order valence-electron chi connectivity index (χ2n) is 4.16. The number of phenols is 2. The summed E-state index contributed by atoms with van der Waals surface area (Å²) in [6, 6.07) is 10.3. The molecule has 0 radical (unpaired) electrons. The first kappa shape index (κ1) is 13.8. The van der Waals surface area contributed by atoms with E-state index >= 15 is 0 Å². The molecule has 2 rings (SSSR count). The van der Waals surface area contributed by atoms with Crippen LogP contribution < -0.4 is 9.47 Å². The summed E-state index contributed by atoms with van der Waals surface area (Å²) in [6.07, 6.45) is 3.69. The second kappa shape index (κ2) is 6.02. The fourth-order valence-electron chi connectivity index (χ4n) is 1.85. The highest BCUT2D eigenvalue weighted by atomic mass is 16.5. The normalized spacial score (nSPS) is 10.7. The smallest absolute Gasteiger partial charge is 0.201 e. The van der Waals surface area contributed by atoms with Gasteiger partial charge < -0.3 is 19.7 Å². The predicted octanol–water partition coefficient (Wildman–Crippen LogP) is 3.29. The van der Waals surface area contributed by atoms with Gasteiger partial charge in [0.05, 0.1) is 14.2 Å². The molecule has 4 heteroatoms. The Hall–Kier alpha value is -2.62. The molecule has 2 aromatic carbocycles. The van der Waals surface area contributed by atoms with E-state index in [2.05, 4.69) is 0 Å². The Kier molecular flexibility index (Phi) is 4.15. The molecule has 4 nitrogen and oxygen atoms in total. The number of aromatic hydroxyl groups is 2. The lowest BCUT2D eigenvalue weighted by atomic mass is 10.1. The lowest BCUT2D eigenvalue weighted by molar-refractivity contribution is 0.339. The van der Waals surface area contributed by atoms with Crippen LogP contribution in [-0.4, -0.2) is 24.4 Å². The van der Waals surface area contributed by atoms with Crippen molar-refractivity contribution in [2.75, 3.05) is 14.2 Å². The summed E-state index contributed by atoms with van der Waals surface area (Å²) in [5, 5.41) is 19.2. The van der Waals surface area contributed by atoms with Gasteiger partial charge in [-0.1, -0.05) is 24.3 Å². The summed E-state index contributed by atoms with van der Waals surface area (Å²) in [7, 11) is 2.98. The summed E-state index contributed by atoms with van der Waals surface area (Å²) in [5.41, 5.74) is 1.67. The molecule has 0 aliphatic heterocycles. The van der Waals surface area contributed by atoms with Crippen LogP contribution in [0.1, 0.15) is 11.1 Å². The van der Waals surface area contributed by atoms with Crippen molar-refractivity contribution < 1.29 is 19.7 Å². The van der Waals surface area contributed by atoms with E-state index in [0.29, 0.717) is 11.5 Å². The molecule has 0 saturated carbocycles. The maximum absolute atomic E-state index is 9.99. The van der Waals surface area contributed by atoms with Gasteiger partial charge in [0.2, 0.25) is 5.75 Å². The van der Waals surface area contributed by atoms with E-state index in [-0.39, 0.29) is 11.5 Å². The maximum atomic E-state index is 9.99. The van der Waals surface area contributed by atoms with E-state index in [1.807, 2.05) is 12.2 Å². The standard InChI is InChI=1S/C16H16O4/c1-19-14-10-7-12(16(20-2)15(14)18)6-3-11-4-8-13(17)9-5-11/h3-10,17-18H,1-2H3. The molecular weight excluding hydrogens is 256 g/mol. The van der Waals surface area contributed by atoms with Crippen LogP contribution in [0, 0.1) is 0 Å². The molecule has 0 aliphatic carbocycles. The van der Waals surface area contributed by atoms with Crippen LogP contribution in [0.3, 0.4) is 0 Å². The Balaban J connectivity index is 2.33. The summed E-state index contributed by atoms with van der Waals surface area (Å²) in [6.45, 7) is 0. The monoisotopic (exact) mass is 272 g/mol. The molecule has 0 saturated heterocycles. The largest absolute Gasteiger partial charge is 0.508 e. The van der Waals surface area contributed by atoms with Gasteiger partial charge in [0.1, 0.15) is 5.75 Å². The zero-order chi connectivity index (χ0) is 14.5. The lowest BCUT2D eigenvalue weighted by Gasteiger charge is -2.10. The molecule has 0 unspecified atom stereocenters. The minimum Gasteiger partial charge on any atom is -0.508 e. The molecule has 2 N–H and O–H groups in total. The van der Waals surface area contributed by atoms with E-state index in [4.69, 9.17) is 9.47 Å². The van der Waals surface area contributed by atoms with Crippen molar-refractivity contribution in [2.45, 2.75) is 0 Å². The van der Waals surface area contributed by atoms with E-state index < -0.39 is 0 Å². The van der Waals surface area contributed by atoms with Crippen LogP contribution in [0.15, 0.2) is 36.4 Å². The molecule has 0 amide bonds. The summed E-state index contributed by atoms with van der Waals surface area (Å²) >= 11 is 0. The van der Waals surface area contributed by atoms with Crippen molar-refractivity contribution in [3.63, 3.8) is 0 Å². The number of hydrogen-bond donors (Lipinski definition) is 2. The van der Waals surface area contributed by atoms with Gasteiger partial charge in [0.25, 0.3) is 0 Å². The number of methoxy groups -OCH3 is 2. The van der Waals surface area contributed by atoms with Crippen molar-refractivity contribution in [3.8, 4) is 23.0 Å². The van der Waals surface area contributed by atoms with Gasteiger partial charge in [-0.2, -0.15) is 0 Å². The van der Waals surface area contributed by atoms with Crippen LogP contribution in [0.5, 0.6) is 23.0 Å². The fraction of sp³-hybridized carbons (Fsp3) is 0.125. The van der Waals surface area contributed by atoms with Crippen molar-refractivity contribution >= 4 is 12.2 Å². The van der Waals surface area contributed by atoms with Gasteiger partial charge in [0, 0.05) is 5.56 Å². The van der Waals surface area contributed by atoms with Crippen molar-refractivity contribution in [1.29, 1.82) is 0 Å². The average molecular weight is 272 g/mol. The van der Waals surface area contributed by atoms with Gasteiger partial charge in [-0.15, -0.1) is 0 Å². The molecule has 0 aromatic heterocycles. The predicted molar refractivity (Wildman–Crippen MR) is 78.2 cm³/mol. The highest BCUT2D eigenvalue weighted by molar-refractivity contribution is 5.75. The molecule has 0 spiro atoms. The third-order valence-electron chi connectivity index (χ3n) is 2.90. The lowest BCUT2D eigenvalue weighted by Crippen LogP contribution is -1.91. The zero-order valence-electron chi connectivity index (χ0n) is 11.3. The first-order valence-corrected chi connectivity index (χ1v) is 6.06. The average Bonchev–Trinajstić information content (AvgIpc) is 2.47. The quantitative estimate of drug-likeness (QED) is 0.838. The molecule has 0 bridgehead atoms. The number of hydrogen-bond acceptors (Lipinski definition) is 4. The number of rotatable bonds is 4. The summed E-state index contributed by atoms with van der Waals surface area (Å²) in [5.74, 6) is 0.924. The minimum atomic E-state index is -0.0251. The molecular formula is C16H16O4. The molecule has 20 heavy (non-hydrogen) atoms. The van der Waals surface area contributed by atoms with Crippen LogP contribution in [0.2, 0.25) is 0 Å². The third kappa shape index (κ3) is 2.85. The SMILES string of the molecule is COc1ccc(C=Cc2ccc(O)cc2)c(OC)c1O. The Bertz CT molecular complexity index is 615. The molecule has 104 valence electrons. The van der Waals surface area contributed by atoms with Gasteiger partial charge in [-0.25, -0.2) is 0 Å². The Labute approximate surface area is 117 Å². The topological polar surface area (TPSA) is 58.9 Å². The Morgan fingerprint density at radius 3 is 2.15 bits per heavy atom. The first-order valence-electron chi connectivity index (χ1n) is 6.06. The molecule has 0 atom stereocenters. The fourth-order valence-corrected chi connectivity index (χ4v) is 1.85. The van der Waals surface area contributed by atoms with E-state index in [0.717, 1.165) is 11.1 Å². The Morgan fingerprint density at radius 1 is 0.850 bits per heavy atom. The van der Waals surface area contributed by atoms with Crippen molar-refractivity contribution in [1.82, 2.24) is 0 Å². The third-order valence-corrected chi connectivity index (χ3v) is 2.90. The maximum Gasteiger partial charge on any atom is 0.201 e. The van der Waals surface area contributed by atoms with E-state index in [9.17, 15) is 10.2 Å². The number of ether oxygens (including phenoxy) is 2. The van der Waals surface area contributed by atoms with Gasteiger partial charge in [-0.05, 0) is 29.8 Å². The van der Waals surface area contributed by atoms with Crippen molar-refractivity contribution in [3.05, 3.63) is 47.5 Å². The van der Waals surface area contributed by atoms with E-state index in [1.54, 1.807) is 36.4 Å². The summed E-state index contributed by atoms with van der Waals surface area (Å²) < 4.78 is 10.2. The first-order chi connectivity index (χ1) is 9.65. The minimum absolute atomic E-state index is 0.0251. The van der Waals surface area contributed by atoms with Gasteiger partial charge in [-0.3, -0.25) is 0 Å². The Morgan fingerprint density at radius 2 is 1.55 bits per heavy atom. The van der Waals surface area contributed by atoms with Gasteiger partial charge >= 0.3 is 0 Å². The van der Waals surface area contributed by atoms with Crippen LogP contribution in [-0.2, 0) is 0 Å². The van der Waals surface area contributed by atoms with Crippen LogP contribution >= 0.6 is 0 Å². The zero-order valence-corrected chi connectivity index (χ0v) is 11.3. The van der Waals surface area contributed by atoms with Gasteiger partial charge in [0.15, 0.2) is 11.5 Å². The van der Waals surface area contributed by atoms with Crippen molar-refractivity contribution in [2.24, 2.45) is 0 Å². The summed E-state index contributed by atoms with van der Waals surface area (Å²) in [4.78, 5) is 0. The van der Waals surface area contributed by atoms with E-state index in [1.165, 1.54) is 14.2 Å². The highest BCUT2D eigenvalue weighted by Gasteiger charge is 2.11. The van der Waals surface area contributed by atoms with Crippen LogP contribution in [0.4, 0.5) is 0 Å². The second-order valence-corrected chi connectivity index (χ2v) is 4.16. The molecule has 2 aromatic rings. The molecule has 0 heterocycles. The highest BCUT2D eigenvalue weighted by Crippen LogP contribution is 2.39. The van der Waals surface area contributed by atoms with Crippen LogP contribution in [0.25, 0.3) is 12.2 Å². The molecule has 0 aliphatic rings. The molecule has 0 fully saturated rings. The number of benzene rings is 2.